The van der Waals surface area contributed by atoms with E-state index in [1.54, 1.807) is 19.2 Å². The molecule has 1 atom stereocenters. The predicted molar refractivity (Wildman–Crippen MR) is 83.7 cm³/mol. The van der Waals surface area contributed by atoms with E-state index in [4.69, 9.17) is 0 Å². The number of benzene rings is 1. The number of pyridine rings is 1. The average Bonchev–Trinajstić information content (AvgIpc) is 2.47. The molecule has 2 N–H and O–H groups in total. The molecule has 0 saturated carbocycles. The topological polar surface area (TPSA) is 71.1 Å². The standard InChI is InChI=1S/C15H19N3O2S/c1-12(11-13-7-4-3-5-8-13)18-21(19,20)15-14(16-2)9-6-10-17-15/h3-10,12,16,18H,11H2,1-2H3. The van der Waals surface area contributed by atoms with Crippen LogP contribution in [0.5, 0.6) is 0 Å². The van der Waals surface area contributed by atoms with E-state index in [1.807, 2.05) is 37.3 Å². The molecule has 0 bridgehead atoms. The van der Waals surface area contributed by atoms with Gasteiger partial charge in [0.25, 0.3) is 10.0 Å². The molecule has 1 aromatic heterocycles. The molecule has 0 aliphatic carbocycles. The number of rotatable bonds is 6. The van der Waals surface area contributed by atoms with Crippen molar-refractivity contribution in [2.24, 2.45) is 0 Å². The Morgan fingerprint density at radius 1 is 1.14 bits per heavy atom. The third-order valence-corrected chi connectivity index (χ3v) is 4.58. The Bertz CT molecular complexity index is 687. The molecule has 21 heavy (non-hydrogen) atoms. The van der Waals surface area contributed by atoms with Gasteiger partial charge in [0.1, 0.15) is 0 Å². The first-order chi connectivity index (χ1) is 10.0. The zero-order valence-electron chi connectivity index (χ0n) is 12.1. The van der Waals surface area contributed by atoms with E-state index in [2.05, 4.69) is 15.0 Å². The molecule has 0 aliphatic rings. The van der Waals surface area contributed by atoms with E-state index in [1.165, 1.54) is 6.20 Å². The maximum absolute atomic E-state index is 12.4. The largest absolute Gasteiger partial charge is 0.386 e. The molecular formula is C15H19N3O2S. The van der Waals surface area contributed by atoms with Crippen LogP contribution in [0, 0.1) is 0 Å². The minimum Gasteiger partial charge on any atom is -0.386 e. The first-order valence-corrected chi connectivity index (χ1v) is 8.20. The van der Waals surface area contributed by atoms with E-state index in [0.717, 1.165) is 5.56 Å². The number of nitrogens with one attached hydrogen (secondary N) is 2. The maximum Gasteiger partial charge on any atom is 0.260 e. The first kappa shape index (κ1) is 15.5. The van der Waals surface area contributed by atoms with Crippen molar-refractivity contribution in [3.8, 4) is 0 Å². The first-order valence-electron chi connectivity index (χ1n) is 6.72. The number of aromatic nitrogens is 1. The van der Waals surface area contributed by atoms with Crippen LogP contribution in [-0.2, 0) is 16.4 Å². The Morgan fingerprint density at radius 3 is 2.52 bits per heavy atom. The Hall–Kier alpha value is -1.92. The highest BCUT2D eigenvalue weighted by Gasteiger charge is 2.21. The molecule has 0 aliphatic heterocycles. The van der Waals surface area contributed by atoms with Crippen LogP contribution in [-0.4, -0.2) is 26.5 Å². The molecule has 2 aromatic rings. The summed E-state index contributed by atoms with van der Waals surface area (Å²) in [5.41, 5.74) is 1.57. The van der Waals surface area contributed by atoms with Crippen molar-refractivity contribution in [1.82, 2.24) is 9.71 Å². The lowest BCUT2D eigenvalue weighted by atomic mass is 10.1. The van der Waals surface area contributed by atoms with Crippen LogP contribution in [0.3, 0.4) is 0 Å². The second kappa shape index (κ2) is 6.69. The molecule has 0 spiro atoms. The molecule has 5 nitrogen and oxygen atoms in total. The molecule has 2 rings (SSSR count). The molecule has 1 heterocycles. The quantitative estimate of drug-likeness (QED) is 0.856. The van der Waals surface area contributed by atoms with Crippen LogP contribution in [0.15, 0.2) is 53.7 Å². The van der Waals surface area contributed by atoms with Crippen LogP contribution >= 0.6 is 0 Å². The fraction of sp³-hybridized carbons (Fsp3) is 0.267. The summed E-state index contributed by atoms with van der Waals surface area (Å²) in [4.78, 5) is 3.97. The number of hydrogen-bond donors (Lipinski definition) is 2. The fourth-order valence-electron chi connectivity index (χ4n) is 2.13. The zero-order valence-corrected chi connectivity index (χ0v) is 12.9. The molecule has 0 amide bonds. The van der Waals surface area contributed by atoms with Crippen LogP contribution in [0.2, 0.25) is 0 Å². The Morgan fingerprint density at radius 2 is 1.86 bits per heavy atom. The molecule has 0 saturated heterocycles. The summed E-state index contributed by atoms with van der Waals surface area (Å²) >= 11 is 0. The molecule has 1 aromatic carbocycles. The summed E-state index contributed by atoms with van der Waals surface area (Å²) in [5.74, 6) is 0. The smallest absolute Gasteiger partial charge is 0.260 e. The van der Waals surface area contributed by atoms with Crippen molar-refractivity contribution in [2.45, 2.75) is 24.4 Å². The van der Waals surface area contributed by atoms with Gasteiger partial charge in [-0.3, -0.25) is 0 Å². The summed E-state index contributed by atoms with van der Waals surface area (Å²) in [6.45, 7) is 1.84. The lowest BCUT2D eigenvalue weighted by Crippen LogP contribution is -2.34. The Labute approximate surface area is 125 Å². The highest BCUT2D eigenvalue weighted by Crippen LogP contribution is 2.17. The summed E-state index contributed by atoms with van der Waals surface area (Å²) in [6, 6.07) is 12.9. The Balaban J connectivity index is 2.14. The van der Waals surface area contributed by atoms with Crippen LogP contribution in [0.4, 0.5) is 5.69 Å². The van der Waals surface area contributed by atoms with Crippen molar-refractivity contribution < 1.29 is 8.42 Å². The molecular weight excluding hydrogens is 286 g/mol. The highest BCUT2D eigenvalue weighted by atomic mass is 32.2. The molecule has 112 valence electrons. The summed E-state index contributed by atoms with van der Waals surface area (Å²) in [7, 11) is -1.98. The third-order valence-electron chi connectivity index (χ3n) is 3.04. The SMILES string of the molecule is CNc1cccnc1S(=O)(=O)NC(C)Cc1ccccc1. The lowest BCUT2D eigenvalue weighted by molar-refractivity contribution is 0.556. The molecule has 6 heteroatoms. The van der Waals surface area contributed by atoms with Crippen molar-refractivity contribution in [2.75, 3.05) is 12.4 Å². The summed E-state index contributed by atoms with van der Waals surface area (Å²) in [5, 5.41) is 2.86. The highest BCUT2D eigenvalue weighted by molar-refractivity contribution is 7.89. The Kier molecular flexibility index (Phi) is 4.93. The third kappa shape index (κ3) is 4.03. The van der Waals surface area contributed by atoms with Crippen LogP contribution in [0.25, 0.3) is 0 Å². The van der Waals surface area contributed by atoms with E-state index in [9.17, 15) is 8.42 Å². The minimum absolute atomic E-state index is 0.0208. The van der Waals surface area contributed by atoms with Gasteiger partial charge in [0, 0.05) is 19.3 Å². The zero-order chi connectivity index (χ0) is 15.3. The molecule has 0 fully saturated rings. The average molecular weight is 305 g/mol. The minimum atomic E-state index is -3.65. The van der Waals surface area contributed by atoms with Gasteiger partial charge in [0.15, 0.2) is 5.03 Å². The van der Waals surface area contributed by atoms with E-state index in [0.29, 0.717) is 12.1 Å². The lowest BCUT2D eigenvalue weighted by Gasteiger charge is -2.15. The van der Waals surface area contributed by atoms with Gasteiger partial charge < -0.3 is 5.32 Å². The van der Waals surface area contributed by atoms with Crippen molar-refractivity contribution in [1.29, 1.82) is 0 Å². The number of nitrogens with zero attached hydrogens (tertiary/aromatic N) is 1. The van der Waals surface area contributed by atoms with E-state index >= 15 is 0 Å². The van der Waals surface area contributed by atoms with Gasteiger partial charge >= 0.3 is 0 Å². The van der Waals surface area contributed by atoms with Crippen LogP contribution < -0.4 is 10.0 Å². The maximum atomic E-state index is 12.4. The van der Waals surface area contributed by atoms with Gasteiger partial charge in [-0.25, -0.2) is 18.1 Å². The molecule has 0 radical (unpaired) electrons. The van der Waals surface area contributed by atoms with Crippen molar-refractivity contribution >= 4 is 15.7 Å². The summed E-state index contributed by atoms with van der Waals surface area (Å²) < 4.78 is 27.5. The van der Waals surface area contributed by atoms with Gasteiger partial charge in [-0.1, -0.05) is 30.3 Å². The summed E-state index contributed by atoms with van der Waals surface area (Å²) in [6.07, 6.45) is 2.10. The normalized spacial score (nSPS) is 12.9. The van der Waals surface area contributed by atoms with Crippen molar-refractivity contribution in [3.63, 3.8) is 0 Å². The predicted octanol–water partition coefficient (Wildman–Crippen LogP) is 2.03. The van der Waals surface area contributed by atoms with Gasteiger partial charge in [0.05, 0.1) is 5.69 Å². The number of anilines is 1. The number of hydrogen-bond acceptors (Lipinski definition) is 4. The molecule has 1 unspecified atom stereocenters. The van der Waals surface area contributed by atoms with Gasteiger partial charge in [-0.15, -0.1) is 0 Å². The van der Waals surface area contributed by atoms with Crippen molar-refractivity contribution in [3.05, 3.63) is 54.2 Å². The monoisotopic (exact) mass is 305 g/mol. The second-order valence-corrected chi connectivity index (χ2v) is 6.45. The van der Waals surface area contributed by atoms with Gasteiger partial charge in [-0.05, 0) is 31.0 Å². The number of sulfonamides is 1. The van der Waals surface area contributed by atoms with Gasteiger partial charge in [-0.2, -0.15) is 0 Å². The fourth-order valence-corrected chi connectivity index (χ4v) is 3.51. The van der Waals surface area contributed by atoms with Crippen LogP contribution in [0.1, 0.15) is 12.5 Å². The second-order valence-electron chi connectivity index (χ2n) is 4.82. The van der Waals surface area contributed by atoms with Gasteiger partial charge in [0.2, 0.25) is 0 Å². The van der Waals surface area contributed by atoms with E-state index < -0.39 is 10.0 Å². The van der Waals surface area contributed by atoms with E-state index in [-0.39, 0.29) is 11.1 Å².